The van der Waals surface area contributed by atoms with E-state index in [0.29, 0.717) is 0 Å². The quantitative estimate of drug-likeness (QED) is 0.658. The predicted molar refractivity (Wildman–Crippen MR) is 68.1 cm³/mol. The molecule has 1 aromatic carbocycles. The predicted octanol–water partition coefficient (Wildman–Crippen LogP) is 4.55. The van der Waals surface area contributed by atoms with Crippen molar-refractivity contribution >= 4 is 0 Å². The van der Waals surface area contributed by atoms with Crippen LogP contribution in [0.1, 0.15) is 57.2 Å². The zero-order valence-electron chi connectivity index (χ0n) is 10.6. The molecule has 0 heterocycles. The highest BCUT2D eigenvalue weighted by atomic mass is 14.1. The van der Waals surface area contributed by atoms with Crippen molar-refractivity contribution in [2.75, 3.05) is 0 Å². The average Bonchev–Trinajstić information content (AvgIpc) is 2.25. The van der Waals surface area contributed by atoms with Crippen LogP contribution in [0.5, 0.6) is 0 Å². The normalized spacial score (nSPS) is 11.0. The summed E-state index contributed by atoms with van der Waals surface area (Å²) in [7, 11) is 0. The molecule has 1 aromatic rings. The Morgan fingerprint density at radius 2 is 1.67 bits per heavy atom. The van der Waals surface area contributed by atoms with Crippen molar-refractivity contribution in [1.29, 1.82) is 0 Å². The Balaban J connectivity index is 2.90. The molecule has 0 saturated carbocycles. The Morgan fingerprint density at radius 1 is 1.00 bits per heavy atom. The van der Waals surface area contributed by atoms with Crippen LogP contribution in [0.2, 0.25) is 0 Å². The van der Waals surface area contributed by atoms with Gasteiger partial charge in [0.2, 0.25) is 0 Å². The Morgan fingerprint density at radius 3 is 2.20 bits per heavy atom. The van der Waals surface area contributed by atoms with Crippen LogP contribution in [0.3, 0.4) is 0 Å². The lowest BCUT2D eigenvalue weighted by Gasteiger charge is -2.10. The standard InChI is InChI=1S/C15H23/c1-5-7-8-14-9-13(6-2)10-15(11-14)12(3)4/h9-11H,5-8H2,1-4H3. The van der Waals surface area contributed by atoms with Gasteiger partial charge in [0.25, 0.3) is 0 Å². The highest BCUT2D eigenvalue weighted by Gasteiger charge is 2.03. The average molecular weight is 203 g/mol. The number of hydrogen-bond donors (Lipinski definition) is 0. The summed E-state index contributed by atoms with van der Waals surface area (Å²) < 4.78 is 0. The van der Waals surface area contributed by atoms with Gasteiger partial charge < -0.3 is 0 Å². The van der Waals surface area contributed by atoms with Gasteiger partial charge in [-0.15, -0.1) is 0 Å². The second kappa shape index (κ2) is 5.95. The second-order valence-electron chi connectivity index (χ2n) is 4.50. The molecule has 0 saturated heterocycles. The Labute approximate surface area is 94.7 Å². The Kier molecular flexibility index (Phi) is 4.87. The number of hydrogen-bond acceptors (Lipinski definition) is 0. The first-order valence-corrected chi connectivity index (χ1v) is 6.10. The summed E-state index contributed by atoms with van der Waals surface area (Å²) >= 11 is 0. The lowest BCUT2D eigenvalue weighted by molar-refractivity contribution is 0.793. The minimum absolute atomic E-state index is 1.14. The van der Waals surface area contributed by atoms with Crippen molar-refractivity contribution in [2.45, 2.75) is 53.4 Å². The molecule has 0 aliphatic carbocycles. The molecule has 0 aliphatic heterocycles. The summed E-state index contributed by atoms with van der Waals surface area (Å²) in [5.41, 5.74) is 4.40. The van der Waals surface area contributed by atoms with E-state index in [9.17, 15) is 0 Å². The van der Waals surface area contributed by atoms with Crippen LogP contribution in [0.4, 0.5) is 0 Å². The molecule has 0 fully saturated rings. The van der Waals surface area contributed by atoms with Gasteiger partial charge in [-0.3, -0.25) is 0 Å². The first-order chi connectivity index (χ1) is 7.17. The number of unbranched alkanes of at least 4 members (excludes halogenated alkanes) is 1. The topological polar surface area (TPSA) is 0 Å². The van der Waals surface area contributed by atoms with E-state index in [2.05, 4.69) is 45.9 Å². The SMILES string of the molecule is CCCCc1cc(CC)cc([C](C)C)c1. The third kappa shape index (κ3) is 3.70. The van der Waals surface area contributed by atoms with Gasteiger partial charge in [0.05, 0.1) is 0 Å². The molecule has 15 heavy (non-hydrogen) atoms. The van der Waals surface area contributed by atoms with Gasteiger partial charge in [-0.2, -0.15) is 0 Å². The van der Waals surface area contributed by atoms with Crippen molar-refractivity contribution < 1.29 is 0 Å². The van der Waals surface area contributed by atoms with E-state index < -0.39 is 0 Å². The zero-order chi connectivity index (χ0) is 11.3. The van der Waals surface area contributed by atoms with Gasteiger partial charge in [-0.25, -0.2) is 0 Å². The molecule has 0 amide bonds. The van der Waals surface area contributed by atoms with Crippen LogP contribution in [0.15, 0.2) is 18.2 Å². The summed E-state index contributed by atoms with van der Waals surface area (Å²) in [5, 5.41) is 0. The lowest BCUT2D eigenvalue weighted by atomic mass is 9.95. The molecule has 1 radical (unpaired) electrons. The van der Waals surface area contributed by atoms with Crippen molar-refractivity contribution in [3.05, 3.63) is 40.8 Å². The van der Waals surface area contributed by atoms with Crippen LogP contribution in [0, 0.1) is 5.92 Å². The van der Waals surface area contributed by atoms with Crippen molar-refractivity contribution in [1.82, 2.24) is 0 Å². The zero-order valence-corrected chi connectivity index (χ0v) is 10.6. The van der Waals surface area contributed by atoms with Gasteiger partial charge >= 0.3 is 0 Å². The molecule has 0 nitrogen and oxygen atoms in total. The summed E-state index contributed by atoms with van der Waals surface area (Å²) in [6.45, 7) is 8.87. The van der Waals surface area contributed by atoms with E-state index in [-0.39, 0.29) is 0 Å². The largest absolute Gasteiger partial charge is 0.0654 e. The fourth-order valence-electron chi connectivity index (χ4n) is 1.78. The van der Waals surface area contributed by atoms with Gasteiger partial charge in [-0.05, 0) is 41.9 Å². The molecular formula is C15H23. The summed E-state index contributed by atoms with van der Waals surface area (Å²) in [4.78, 5) is 0. The van der Waals surface area contributed by atoms with E-state index in [1.165, 1.54) is 41.9 Å². The molecule has 83 valence electrons. The molecular weight excluding hydrogens is 180 g/mol. The highest BCUT2D eigenvalue weighted by molar-refractivity contribution is 5.37. The first kappa shape index (κ1) is 12.3. The van der Waals surface area contributed by atoms with Gasteiger partial charge in [0.15, 0.2) is 0 Å². The molecule has 0 atom stereocenters. The Hall–Kier alpha value is -0.780. The van der Waals surface area contributed by atoms with Crippen molar-refractivity contribution in [3.63, 3.8) is 0 Å². The molecule has 0 aliphatic rings. The second-order valence-corrected chi connectivity index (χ2v) is 4.50. The van der Waals surface area contributed by atoms with E-state index in [4.69, 9.17) is 0 Å². The van der Waals surface area contributed by atoms with Crippen LogP contribution >= 0.6 is 0 Å². The van der Waals surface area contributed by atoms with Crippen LogP contribution < -0.4 is 0 Å². The van der Waals surface area contributed by atoms with Crippen LogP contribution in [-0.2, 0) is 12.8 Å². The molecule has 1 rings (SSSR count). The molecule has 0 N–H and O–H groups in total. The van der Waals surface area contributed by atoms with Gasteiger partial charge in [0.1, 0.15) is 0 Å². The maximum absolute atomic E-state index is 2.36. The monoisotopic (exact) mass is 203 g/mol. The van der Waals surface area contributed by atoms with Gasteiger partial charge in [-0.1, -0.05) is 52.3 Å². The molecule has 0 aromatic heterocycles. The minimum atomic E-state index is 1.14. The fraction of sp³-hybridized carbons (Fsp3) is 0.533. The van der Waals surface area contributed by atoms with Crippen molar-refractivity contribution in [2.24, 2.45) is 0 Å². The smallest absolute Gasteiger partial charge is 0.00118 e. The first-order valence-electron chi connectivity index (χ1n) is 6.10. The summed E-state index contributed by atoms with van der Waals surface area (Å²) in [6.07, 6.45) is 4.95. The van der Waals surface area contributed by atoms with E-state index in [1.54, 1.807) is 0 Å². The number of benzene rings is 1. The highest BCUT2D eigenvalue weighted by Crippen LogP contribution is 2.19. The number of rotatable bonds is 5. The molecule has 0 unspecified atom stereocenters. The van der Waals surface area contributed by atoms with E-state index in [1.807, 2.05) is 0 Å². The maximum Gasteiger partial charge on any atom is -0.00118 e. The summed E-state index contributed by atoms with van der Waals surface area (Å²) in [6, 6.07) is 7.04. The molecule has 0 heteroatoms. The molecule has 0 bridgehead atoms. The van der Waals surface area contributed by atoms with Crippen LogP contribution in [-0.4, -0.2) is 0 Å². The Bertz CT molecular complexity index is 297. The van der Waals surface area contributed by atoms with Crippen LogP contribution in [0.25, 0.3) is 0 Å². The summed E-state index contributed by atoms with van der Waals surface area (Å²) in [5.74, 6) is 1.42. The van der Waals surface area contributed by atoms with Crippen molar-refractivity contribution in [3.8, 4) is 0 Å². The third-order valence-corrected chi connectivity index (χ3v) is 2.86. The third-order valence-electron chi connectivity index (χ3n) is 2.86. The number of aryl methyl sites for hydroxylation is 2. The van der Waals surface area contributed by atoms with Gasteiger partial charge in [0, 0.05) is 0 Å². The molecule has 0 spiro atoms. The minimum Gasteiger partial charge on any atom is -0.0654 e. The van der Waals surface area contributed by atoms with E-state index in [0.717, 1.165) is 6.42 Å². The maximum atomic E-state index is 2.36. The lowest BCUT2D eigenvalue weighted by Crippen LogP contribution is -1.95. The fourth-order valence-corrected chi connectivity index (χ4v) is 1.78. The van der Waals surface area contributed by atoms with E-state index >= 15 is 0 Å².